The fourth-order valence-electron chi connectivity index (χ4n) is 2.90. The van der Waals surface area contributed by atoms with Gasteiger partial charge in [-0.3, -0.25) is 14.3 Å². The highest BCUT2D eigenvalue weighted by atomic mass is 16.2. The lowest BCUT2D eigenvalue weighted by Crippen LogP contribution is -2.52. The third kappa shape index (κ3) is 2.22. The van der Waals surface area contributed by atoms with Crippen molar-refractivity contribution >= 4 is 11.8 Å². The van der Waals surface area contributed by atoms with Gasteiger partial charge in [-0.2, -0.15) is 5.10 Å². The lowest BCUT2D eigenvalue weighted by molar-refractivity contribution is -0.141. The molecule has 6 nitrogen and oxygen atoms in total. The number of amides is 2. The molecule has 2 fully saturated rings. The van der Waals surface area contributed by atoms with E-state index in [1.165, 1.54) is 19.0 Å². The van der Waals surface area contributed by atoms with Crippen LogP contribution in [0.15, 0.2) is 12.4 Å². The molecule has 6 heteroatoms. The molecule has 0 aromatic carbocycles. The van der Waals surface area contributed by atoms with Gasteiger partial charge in [0, 0.05) is 25.2 Å². The van der Waals surface area contributed by atoms with Crippen molar-refractivity contribution in [2.24, 2.45) is 11.7 Å². The van der Waals surface area contributed by atoms with Gasteiger partial charge in [-0.25, -0.2) is 0 Å². The Kier molecular flexibility index (Phi) is 3.00. The topological polar surface area (TPSA) is 81.2 Å². The molecule has 1 saturated carbocycles. The van der Waals surface area contributed by atoms with Crippen molar-refractivity contribution < 1.29 is 9.59 Å². The maximum absolute atomic E-state index is 12.1. The van der Waals surface area contributed by atoms with Crippen LogP contribution in [-0.4, -0.2) is 39.6 Å². The molecule has 0 spiro atoms. The van der Waals surface area contributed by atoms with Gasteiger partial charge in [-0.05, 0) is 12.8 Å². The first-order valence-corrected chi connectivity index (χ1v) is 6.78. The molecule has 102 valence electrons. The van der Waals surface area contributed by atoms with Crippen LogP contribution in [0.5, 0.6) is 0 Å². The van der Waals surface area contributed by atoms with Crippen LogP contribution in [-0.2, 0) is 4.79 Å². The molecular weight excluding hydrogens is 244 g/mol. The summed E-state index contributed by atoms with van der Waals surface area (Å²) in [6.07, 6.45) is 7.55. The van der Waals surface area contributed by atoms with E-state index in [2.05, 4.69) is 5.10 Å². The zero-order valence-corrected chi connectivity index (χ0v) is 10.8. The number of nitrogens with zero attached hydrogens (tertiary/aromatic N) is 3. The summed E-state index contributed by atoms with van der Waals surface area (Å²) in [4.78, 5) is 25.0. The van der Waals surface area contributed by atoms with Crippen molar-refractivity contribution in [1.29, 1.82) is 0 Å². The number of nitrogens with two attached hydrogens (primary N) is 1. The molecule has 0 radical (unpaired) electrons. The van der Waals surface area contributed by atoms with Crippen molar-refractivity contribution in [2.45, 2.75) is 31.7 Å². The molecule has 1 aromatic rings. The first-order valence-electron chi connectivity index (χ1n) is 6.78. The summed E-state index contributed by atoms with van der Waals surface area (Å²) in [6.45, 7) is 1.38. The maximum Gasteiger partial charge on any atom is 0.251 e. The summed E-state index contributed by atoms with van der Waals surface area (Å²) >= 11 is 0. The van der Waals surface area contributed by atoms with Crippen LogP contribution in [0.2, 0.25) is 0 Å². The Bertz CT molecular complexity index is 498. The molecule has 2 aliphatic rings. The van der Waals surface area contributed by atoms with Gasteiger partial charge in [0.2, 0.25) is 5.91 Å². The van der Waals surface area contributed by atoms with Gasteiger partial charge in [0.05, 0.1) is 17.8 Å². The van der Waals surface area contributed by atoms with E-state index in [1.54, 1.807) is 10.9 Å². The highest BCUT2D eigenvalue weighted by molar-refractivity contribution is 5.92. The zero-order chi connectivity index (χ0) is 13.4. The standard InChI is InChI=1S/C13H18N4O2/c14-12(18)10-5-15-17(6-10)11-7-16(8-11)13(19)9-3-1-2-4-9/h5-6,9,11H,1-4,7-8H2,(H2,14,18). The van der Waals surface area contributed by atoms with Crippen molar-refractivity contribution in [3.8, 4) is 0 Å². The summed E-state index contributed by atoms with van der Waals surface area (Å²) in [5, 5.41) is 4.13. The number of carbonyl (C=O) groups is 2. The molecule has 2 heterocycles. The molecule has 0 bridgehead atoms. The van der Waals surface area contributed by atoms with Gasteiger partial charge in [-0.1, -0.05) is 12.8 Å². The van der Waals surface area contributed by atoms with Crippen molar-refractivity contribution in [3.63, 3.8) is 0 Å². The van der Waals surface area contributed by atoms with Crippen LogP contribution in [0, 0.1) is 5.92 Å². The van der Waals surface area contributed by atoms with Gasteiger partial charge in [-0.15, -0.1) is 0 Å². The van der Waals surface area contributed by atoms with Crippen LogP contribution < -0.4 is 5.73 Å². The Morgan fingerprint density at radius 1 is 1.26 bits per heavy atom. The number of hydrogen-bond acceptors (Lipinski definition) is 3. The first kappa shape index (κ1) is 12.2. The monoisotopic (exact) mass is 262 g/mol. The number of rotatable bonds is 3. The van der Waals surface area contributed by atoms with E-state index in [0.29, 0.717) is 18.7 Å². The number of aromatic nitrogens is 2. The lowest BCUT2D eigenvalue weighted by atomic mass is 10.0. The fraction of sp³-hybridized carbons (Fsp3) is 0.615. The van der Waals surface area contributed by atoms with Crippen molar-refractivity contribution in [2.75, 3.05) is 13.1 Å². The van der Waals surface area contributed by atoms with Crippen LogP contribution in [0.4, 0.5) is 0 Å². The molecule has 0 unspecified atom stereocenters. The van der Waals surface area contributed by atoms with Gasteiger partial charge >= 0.3 is 0 Å². The van der Waals surface area contributed by atoms with E-state index in [1.807, 2.05) is 4.90 Å². The lowest BCUT2D eigenvalue weighted by Gasteiger charge is -2.40. The van der Waals surface area contributed by atoms with Gasteiger partial charge in [0.1, 0.15) is 0 Å². The second-order valence-electron chi connectivity index (χ2n) is 5.45. The predicted molar refractivity (Wildman–Crippen MR) is 68.3 cm³/mol. The Morgan fingerprint density at radius 3 is 2.53 bits per heavy atom. The molecule has 2 amide bonds. The Balaban J connectivity index is 1.56. The van der Waals surface area contributed by atoms with E-state index in [9.17, 15) is 9.59 Å². The van der Waals surface area contributed by atoms with Gasteiger partial charge in [0.15, 0.2) is 0 Å². The maximum atomic E-state index is 12.1. The highest BCUT2D eigenvalue weighted by Crippen LogP contribution is 2.30. The average molecular weight is 262 g/mol. The quantitative estimate of drug-likeness (QED) is 0.864. The fourth-order valence-corrected chi connectivity index (χ4v) is 2.90. The summed E-state index contributed by atoms with van der Waals surface area (Å²) < 4.78 is 1.73. The summed E-state index contributed by atoms with van der Waals surface area (Å²) in [5.41, 5.74) is 5.61. The van der Waals surface area contributed by atoms with Crippen molar-refractivity contribution in [1.82, 2.24) is 14.7 Å². The summed E-state index contributed by atoms with van der Waals surface area (Å²) in [6, 6.07) is 0.179. The molecule has 0 atom stereocenters. The van der Waals surface area contributed by atoms with E-state index in [4.69, 9.17) is 5.73 Å². The van der Waals surface area contributed by atoms with E-state index in [0.717, 1.165) is 12.8 Å². The second kappa shape index (κ2) is 4.68. The number of hydrogen-bond donors (Lipinski definition) is 1. The molecule has 3 rings (SSSR count). The zero-order valence-electron chi connectivity index (χ0n) is 10.8. The average Bonchev–Trinajstić information content (AvgIpc) is 2.98. The molecule has 1 aliphatic carbocycles. The summed E-state index contributed by atoms with van der Waals surface area (Å²) in [7, 11) is 0. The van der Waals surface area contributed by atoms with Gasteiger partial charge < -0.3 is 10.6 Å². The minimum Gasteiger partial charge on any atom is -0.366 e. The molecule has 1 saturated heterocycles. The SMILES string of the molecule is NC(=O)c1cnn(C2CN(C(=O)C3CCCC3)C2)c1. The van der Waals surface area contributed by atoms with E-state index < -0.39 is 5.91 Å². The second-order valence-corrected chi connectivity index (χ2v) is 5.45. The van der Waals surface area contributed by atoms with Crippen LogP contribution in [0.25, 0.3) is 0 Å². The molecule has 1 aliphatic heterocycles. The number of carbonyl (C=O) groups excluding carboxylic acids is 2. The van der Waals surface area contributed by atoms with E-state index in [-0.39, 0.29) is 17.9 Å². The molecule has 2 N–H and O–H groups in total. The minimum atomic E-state index is -0.468. The van der Waals surface area contributed by atoms with Gasteiger partial charge in [0.25, 0.3) is 5.91 Å². The molecule has 19 heavy (non-hydrogen) atoms. The van der Waals surface area contributed by atoms with Crippen LogP contribution in [0.3, 0.4) is 0 Å². The Hall–Kier alpha value is -1.85. The highest BCUT2D eigenvalue weighted by Gasteiger charge is 2.36. The minimum absolute atomic E-state index is 0.179. The first-order chi connectivity index (χ1) is 9.15. The Labute approximate surface area is 111 Å². The predicted octanol–water partition coefficient (Wildman–Crippen LogP) is 0.555. The normalized spacial score (nSPS) is 20.5. The van der Waals surface area contributed by atoms with E-state index >= 15 is 0 Å². The molecule has 1 aromatic heterocycles. The molecular formula is C13H18N4O2. The number of likely N-dealkylation sites (tertiary alicyclic amines) is 1. The third-order valence-corrected chi connectivity index (χ3v) is 4.14. The summed E-state index contributed by atoms with van der Waals surface area (Å²) in [5.74, 6) is 0.0558. The largest absolute Gasteiger partial charge is 0.366 e. The third-order valence-electron chi connectivity index (χ3n) is 4.14. The van der Waals surface area contributed by atoms with Crippen LogP contribution in [0.1, 0.15) is 42.1 Å². The van der Waals surface area contributed by atoms with Crippen molar-refractivity contribution in [3.05, 3.63) is 18.0 Å². The Morgan fingerprint density at radius 2 is 1.95 bits per heavy atom. The smallest absolute Gasteiger partial charge is 0.251 e. The van der Waals surface area contributed by atoms with Crippen LogP contribution >= 0.6 is 0 Å². The number of primary amides is 1.